The van der Waals surface area contributed by atoms with Gasteiger partial charge in [0, 0.05) is 19.1 Å². The van der Waals surface area contributed by atoms with Crippen LogP contribution in [0.1, 0.15) is 54.4 Å². The molecule has 136 valence electrons. The van der Waals surface area contributed by atoms with Gasteiger partial charge in [0.15, 0.2) is 0 Å². The maximum absolute atomic E-state index is 12.2. The van der Waals surface area contributed by atoms with E-state index in [-0.39, 0.29) is 12.0 Å². The van der Waals surface area contributed by atoms with Crippen molar-refractivity contribution >= 4 is 12.2 Å². The molecule has 0 aliphatic carbocycles. The smallest absolute Gasteiger partial charge is 0.410 e. The Balaban J connectivity index is 2.68. The lowest BCUT2D eigenvalue weighted by Gasteiger charge is -2.26. The van der Waals surface area contributed by atoms with E-state index in [4.69, 9.17) is 9.47 Å². The molecule has 0 spiro atoms. The third-order valence-electron chi connectivity index (χ3n) is 3.43. The van der Waals surface area contributed by atoms with E-state index in [1.807, 2.05) is 20.8 Å². The first-order valence-electron chi connectivity index (χ1n) is 8.28. The number of rotatable bonds is 1. The van der Waals surface area contributed by atoms with Crippen molar-refractivity contribution < 1.29 is 19.1 Å². The minimum absolute atomic E-state index is 0.350. The number of amides is 2. The minimum Gasteiger partial charge on any atom is -0.444 e. The highest BCUT2D eigenvalue weighted by atomic mass is 16.6. The highest BCUT2D eigenvalue weighted by Gasteiger charge is 2.32. The molecular formula is C17H29N3O4. The predicted octanol–water partition coefficient (Wildman–Crippen LogP) is 3.05. The summed E-state index contributed by atoms with van der Waals surface area (Å²) >= 11 is 0. The third-order valence-corrected chi connectivity index (χ3v) is 3.43. The molecule has 1 aliphatic rings. The van der Waals surface area contributed by atoms with E-state index in [0.717, 1.165) is 0 Å². The Morgan fingerprint density at radius 2 is 1.58 bits per heavy atom. The molecule has 24 heavy (non-hydrogen) atoms. The molecule has 7 heteroatoms. The van der Waals surface area contributed by atoms with Gasteiger partial charge in [-0.05, 0) is 54.4 Å². The fourth-order valence-electron chi connectivity index (χ4n) is 2.40. The Kier molecular flexibility index (Phi) is 6.47. The van der Waals surface area contributed by atoms with Crippen LogP contribution in [0, 0.1) is 17.2 Å². The molecule has 1 N–H and O–H groups in total. The quantitative estimate of drug-likeness (QED) is 0.792. The van der Waals surface area contributed by atoms with E-state index < -0.39 is 23.4 Å². The van der Waals surface area contributed by atoms with Gasteiger partial charge in [0.1, 0.15) is 11.2 Å². The summed E-state index contributed by atoms with van der Waals surface area (Å²) in [5.74, 6) is -0.370. The Morgan fingerprint density at radius 3 is 2.08 bits per heavy atom. The monoisotopic (exact) mass is 339 g/mol. The molecule has 0 aromatic heterocycles. The first-order chi connectivity index (χ1) is 10.9. The first kappa shape index (κ1) is 20.1. The fourth-order valence-corrected chi connectivity index (χ4v) is 2.40. The van der Waals surface area contributed by atoms with Gasteiger partial charge in [-0.2, -0.15) is 5.26 Å². The van der Waals surface area contributed by atoms with Gasteiger partial charge < -0.3 is 19.7 Å². The predicted molar refractivity (Wildman–Crippen MR) is 89.3 cm³/mol. The number of nitrogens with zero attached hydrogens (tertiary/aromatic N) is 2. The van der Waals surface area contributed by atoms with Crippen LogP contribution in [0.2, 0.25) is 0 Å². The molecule has 7 nitrogen and oxygen atoms in total. The van der Waals surface area contributed by atoms with Crippen LogP contribution < -0.4 is 5.32 Å². The molecule has 1 rings (SSSR count). The Bertz CT molecular complexity index is 499. The number of ether oxygens (including phenoxy) is 2. The van der Waals surface area contributed by atoms with Gasteiger partial charge in [-0.3, -0.25) is 0 Å². The van der Waals surface area contributed by atoms with Crippen LogP contribution in [0.15, 0.2) is 0 Å². The summed E-state index contributed by atoms with van der Waals surface area (Å²) in [7, 11) is 0. The first-order valence-corrected chi connectivity index (χ1v) is 8.28. The molecule has 0 radical (unpaired) electrons. The lowest BCUT2D eigenvalue weighted by atomic mass is 9.97. The molecule has 1 saturated heterocycles. The Labute approximate surface area is 144 Å². The standard InChI is InChI=1S/C17H29N3O4/c1-16(2,3)23-14(21)19-13-8-10-20(9-7-12(13)11-18)15(22)24-17(4,5)6/h12-13H,7-10H2,1-6H3,(H,19,21)/t12-,13+/m0/s1. The molecule has 2 amide bonds. The summed E-state index contributed by atoms with van der Waals surface area (Å²) in [4.78, 5) is 25.7. The van der Waals surface area contributed by atoms with Gasteiger partial charge in [-0.15, -0.1) is 0 Å². The van der Waals surface area contributed by atoms with Crippen LogP contribution in [0.25, 0.3) is 0 Å². The zero-order chi connectivity index (χ0) is 18.5. The van der Waals surface area contributed by atoms with E-state index in [9.17, 15) is 14.9 Å². The number of likely N-dealkylation sites (tertiary alicyclic amines) is 1. The molecular weight excluding hydrogens is 310 g/mol. The molecule has 0 saturated carbocycles. The number of nitrogens with one attached hydrogen (secondary N) is 1. The Hall–Kier alpha value is -1.97. The maximum Gasteiger partial charge on any atom is 0.410 e. The summed E-state index contributed by atoms with van der Waals surface area (Å²) < 4.78 is 10.6. The highest BCUT2D eigenvalue weighted by molar-refractivity contribution is 5.69. The second-order valence-electron chi connectivity index (χ2n) is 8.03. The van der Waals surface area contributed by atoms with Crippen molar-refractivity contribution in [2.75, 3.05) is 13.1 Å². The minimum atomic E-state index is -0.598. The maximum atomic E-state index is 12.2. The van der Waals surface area contributed by atoms with Gasteiger partial charge in [0.2, 0.25) is 0 Å². The van der Waals surface area contributed by atoms with E-state index >= 15 is 0 Å². The summed E-state index contributed by atoms with van der Waals surface area (Å²) in [5.41, 5.74) is -1.16. The molecule has 2 atom stereocenters. The van der Waals surface area contributed by atoms with E-state index in [0.29, 0.717) is 25.9 Å². The van der Waals surface area contributed by atoms with Crippen molar-refractivity contribution in [2.45, 2.75) is 71.6 Å². The van der Waals surface area contributed by atoms with E-state index in [2.05, 4.69) is 11.4 Å². The van der Waals surface area contributed by atoms with Gasteiger partial charge >= 0.3 is 12.2 Å². The zero-order valence-corrected chi connectivity index (χ0v) is 15.5. The number of hydrogen-bond donors (Lipinski definition) is 1. The van der Waals surface area contributed by atoms with Crippen LogP contribution in [-0.4, -0.2) is 47.4 Å². The fraction of sp³-hybridized carbons (Fsp3) is 0.824. The van der Waals surface area contributed by atoms with E-state index in [1.165, 1.54) is 0 Å². The van der Waals surface area contributed by atoms with Crippen molar-refractivity contribution in [1.82, 2.24) is 10.2 Å². The third kappa shape index (κ3) is 7.07. The number of carbonyl (C=O) groups is 2. The van der Waals surface area contributed by atoms with Crippen LogP contribution in [0.5, 0.6) is 0 Å². The van der Waals surface area contributed by atoms with Gasteiger partial charge in [-0.25, -0.2) is 9.59 Å². The second kappa shape index (κ2) is 7.73. The van der Waals surface area contributed by atoms with Crippen molar-refractivity contribution in [3.63, 3.8) is 0 Å². The molecule has 0 bridgehead atoms. The van der Waals surface area contributed by atoms with Crippen LogP contribution in [0.4, 0.5) is 9.59 Å². The van der Waals surface area contributed by atoms with Gasteiger partial charge in [0.05, 0.1) is 12.0 Å². The van der Waals surface area contributed by atoms with E-state index in [1.54, 1.807) is 25.7 Å². The number of alkyl carbamates (subject to hydrolysis) is 1. The van der Waals surface area contributed by atoms with Crippen molar-refractivity contribution in [3.05, 3.63) is 0 Å². The average molecular weight is 339 g/mol. The normalized spacial score (nSPS) is 22.1. The average Bonchev–Trinajstić information content (AvgIpc) is 2.56. The second-order valence-corrected chi connectivity index (χ2v) is 8.03. The molecule has 0 unspecified atom stereocenters. The Morgan fingerprint density at radius 1 is 1.04 bits per heavy atom. The molecule has 1 aliphatic heterocycles. The molecule has 0 aromatic carbocycles. The van der Waals surface area contributed by atoms with Crippen LogP contribution in [0.3, 0.4) is 0 Å². The summed E-state index contributed by atoms with van der Waals surface area (Å²) in [6, 6.07) is 1.87. The zero-order valence-electron chi connectivity index (χ0n) is 15.5. The van der Waals surface area contributed by atoms with Gasteiger partial charge in [0.25, 0.3) is 0 Å². The van der Waals surface area contributed by atoms with Crippen molar-refractivity contribution in [2.24, 2.45) is 5.92 Å². The SMILES string of the molecule is CC(C)(C)OC(=O)N[C@@H]1CCN(C(=O)OC(C)(C)C)CC[C@H]1C#N. The topological polar surface area (TPSA) is 91.7 Å². The number of hydrogen-bond acceptors (Lipinski definition) is 5. The van der Waals surface area contributed by atoms with Crippen molar-refractivity contribution in [3.8, 4) is 6.07 Å². The van der Waals surface area contributed by atoms with Crippen molar-refractivity contribution in [1.29, 1.82) is 5.26 Å². The summed E-state index contributed by atoms with van der Waals surface area (Å²) in [5, 5.41) is 12.1. The molecule has 1 heterocycles. The summed E-state index contributed by atoms with van der Waals surface area (Å²) in [6.45, 7) is 11.6. The number of nitriles is 1. The molecule has 0 aromatic rings. The molecule has 1 fully saturated rings. The van der Waals surface area contributed by atoms with Crippen LogP contribution >= 0.6 is 0 Å². The van der Waals surface area contributed by atoms with Crippen LogP contribution in [-0.2, 0) is 9.47 Å². The highest BCUT2D eigenvalue weighted by Crippen LogP contribution is 2.20. The largest absolute Gasteiger partial charge is 0.444 e. The lowest BCUT2D eigenvalue weighted by Crippen LogP contribution is -2.43. The van der Waals surface area contributed by atoms with Gasteiger partial charge in [-0.1, -0.05) is 0 Å². The number of carbonyl (C=O) groups excluding carboxylic acids is 2. The summed E-state index contributed by atoms with van der Waals surface area (Å²) in [6.07, 6.45) is 0.0305. The lowest BCUT2D eigenvalue weighted by molar-refractivity contribution is 0.0255.